The Morgan fingerprint density at radius 2 is 1.76 bits per heavy atom. The molecule has 2 rings (SSSR count). The van der Waals surface area contributed by atoms with Crippen LogP contribution in [0.2, 0.25) is 0 Å². The van der Waals surface area contributed by atoms with Crippen molar-refractivity contribution < 1.29 is 10.0 Å². The molecule has 0 saturated heterocycles. The Balaban J connectivity index is 2.09. The highest BCUT2D eigenvalue weighted by Crippen LogP contribution is 2.26. The summed E-state index contributed by atoms with van der Waals surface area (Å²) in [6, 6.07) is 17.0. The van der Waals surface area contributed by atoms with Crippen LogP contribution in [-0.2, 0) is 4.79 Å². The molecule has 1 amide bonds. The molecule has 21 heavy (non-hydrogen) atoms. The predicted octanol–water partition coefficient (Wildman–Crippen LogP) is 3.55. The number of hydrogen-bond donors (Lipinski definition) is 3. The maximum absolute atomic E-state index is 12.2. The lowest BCUT2D eigenvalue weighted by molar-refractivity contribution is -0.112. The van der Waals surface area contributed by atoms with Crippen LogP contribution in [0.15, 0.2) is 70.6 Å². The first-order valence-corrected chi connectivity index (χ1v) is 7.21. The molecule has 0 aliphatic carbocycles. The molecule has 4 nitrogen and oxygen atoms in total. The molecular formula is C16H16N2O2S. The van der Waals surface area contributed by atoms with Crippen LogP contribution in [0.25, 0.3) is 0 Å². The zero-order chi connectivity index (χ0) is 15.1. The van der Waals surface area contributed by atoms with Crippen molar-refractivity contribution in [2.45, 2.75) is 11.8 Å². The lowest BCUT2D eigenvalue weighted by atomic mass is 10.2. The minimum atomic E-state index is -0.283. The van der Waals surface area contributed by atoms with Gasteiger partial charge in [-0.1, -0.05) is 47.7 Å². The zero-order valence-electron chi connectivity index (χ0n) is 11.5. The van der Waals surface area contributed by atoms with E-state index in [1.54, 1.807) is 0 Å². The number of hydrogen-bond acceptors (Lipinski definition) is 4. The Kier molecular flexibility index (Phi) is 5.43. The monoisotopic (exact) mass is 300 g/mol. The second-order valence-electron chi connectivity index (χ2n) is 4.37. The summed E-state index contributed by atoms with van der Waals surface area (Å²) < 4.78 is 0. The summed E-state index contributed by atoms with van der Waals surface area (Å²) in [7, 11) is 0. The number of anilines is 1. The number of nitrogens with one attached hydrogen (secondary N) is 2. The summed E-state index contributed by atoms with van der Waals surface area (Å²) in [5, 5.41) is 11.6. The second kappa shape index (κ2) is 7.52. The van der Waals surface area contributed by atoms with Gasteiger partial charge >= 0.3 is 0 Å². The molecule has 0 radical (unpaired) electrons. The maximum Gasteiger partial charge on any atom is 0.264 e. The second-order valence-corrected chi connectivity index (χ2v) is 5.49. The fourth-order valence-electron chi connectivity index (χ4n) is 1.65. The van der Waals surface area contributed by atoms with Crippen molar-refractivity contribution in [2.75, 3.05) is 5.32 Å². The average molecular weight is 300 g/mol. The van der Waals surface area contributed by atoms with Gasteiger partial charge in [-0.15, -0.1) is 0 Å². The smallest absolute Gasteiger partial charge is 0.264 e. The zero-order valence-corrected chi connectivity index (χ0v) is 12.4. The van der Waals surface area contributed by atoms with Crippen molar-refractivity contribution in [2.24, 2.45) is 0 Å². The van der Waals surface area contributed by atoms with Gasteiger partial charge in [0.2, 0.25) is 0 Å². The highest BCUT2D eigenvalue weighted by molar-refractivity contribution is 8.04. The number of benzene rings is 2. The van der Waals surface area contributed by atoms with Crippen molar-refractivity contribution in [3.63, 3.8) is 0 Å². The molecule has 0 aromatic heterocycles. The molecule has 0 bridgehead atoms. The third-order valence-corrected chi connectivity index (χ3v) is 3.73. The van der Waals surface area contributed by atoms with Crippen molar-refractivity contribution in [1.29, 1.82) is 0 Å². The van der Waals surface area contributed by atoms with Gasteiger partial charge in [-0.3, -0.25) is 15.5 Å². The van der Waals surface area contributed by atoms with Gasteiger partial charge in [0, 0.05) is 16.8 Å². The van der Waals surface area contributed by atoms with Crippen LogP contribution >= 0.6 is 11.8 Å². The van der Waals surface area contributed by atoms with Crippen LogP contribution in [-0.4, -0.2) is 11.1 Å². The molecule has 3 N–H and O–H groups in total. The van der Waals surface area contributed by atoms with Crippen LogP contribution in [0.1, 0.15) is 5.56 Å². The SMILES string of the molecule is Cc1ccc(NC(=O)/C(=C\NO)Sc2ccccc2)cc1. The molecule has 108 valence electrons. The molecule has 0 saturated carbocycles. The minimum Gasteiger partial charge on any atom is -0.321 e. The maximum atomic E-state index is 12.2. The Labute approximate surface area is 127 Å². The van der Waals surface area contributed by atoms with E-state index in [4.69, 9.17) is 5.21 Å². The van der Waals surface area contributed by atoms with E-state index in [9.17, 15) is 4.79 Å². The molecule has 0 fully saturated rings. The first-order chi connectivity index (χ1) is 10.2. The number of carbonyl (C=O) groups is 1. The number of carbonyl (C=O) groups excluding carboxylic acids is 1. The fraction of sp³-hybridized carbons (Fsp3) is 0.0625. The lowest BCUT2D eigenvalue weighted by Crippen LogP contribution is -2.14. The highest BCUT2D eigenvalue weighted by Gasteiger charge is 2.11. The molecule has 0 spiro atoms. The Morgan fingerprint density at radius 1 is 1.10 bits per heavy atom. The Bertz CT molecular complexity index is 624. The molecular weight excluding hydrogens is 284 g/mol. The van der Waals surface area contributed by atoms with E-state index in [1.165, 1.54) is 18.0 Å². The third-order valence-electron chi connectivity index (χ3n) is 2.70. The van der Waals surface area contributed by atoms with Crippen LogP contribution < -0.4 is 10.8 Å². The Morgan fingerprint density at radius 3 is 2.38 bits per heavy atom. The van der Waals surface area contributed by atoms with Crippen LogP contribution in [0.4, 0.5) is 5.69 Å². The molecule has 2 aromatic rings. The van der Waals surface area contributed by atoms with Gasteiger partial charge in [0.15, 0.2) is 0 Å². The van der Waals surface area contributed by atoms with E-state index in [2.05, 4.69) is 5.32 Å². The van der Waals surface area contributed by atoms with E-state index in [0.29, 0.717) is 10.6 Å². The van der Waals surface area contributed by atoms with E-state index in [-0.39, 0.29) is 5.91 Å². The van der Waals surface area contributed by atoms with Crippen LogP contribution in [0.3, 0.4) is 0 Å². The van der Waals surface area contributed by atoms with E-state index in [0.717, 1.165) is 10.5 Å². The molecule has 0 heterocycles. The molecule has 2 aromatic carbocycles. The van der Waals surface area contributed by atoms with Crippen molar-refractivity contribution in [3.8, 4) is 0 Å². The van der Waals surface area contributed by atoms with Crippen LogP contribution in [0.5, 0.6) is 0 Å². The Hall–Kier alpha value is -2.24. The predicted molar refractivity (Wildman–Crippen MR) is 85.1 cm³/mol. The van der Waals surface area contributed by atoms with Crippen molar-refractivity contribution >= 4 is 23.4 Å². The fourth-order valence-corrected chi connectivity index (χ4v) is 2.45. The first kappa shape index (κ1) is 15.2. The summed E-state index contributed by atoms with van der Waals surface area (Å²) in [6.45, 7) is 1.98. The number of thioether (sulfide) groups is 1. The molecule has 5 heteroatoms. The molecule has 0 atom stereocenters. The number of rotatable bonds is 5. The molecule has 0 unspecified atom stereocenters. The van der Waals surface area contributed by atoms with Gasteiger partial charge in [0.25, 0.3) is 5.91 Å². The van der Waals surface area contributed by atoms with Gasteiger partial charge in [-0.05, 0) is 31.2 Å². The number of hydroxylamine groups is 1. The summed E-state index contributed by atoms with van der Waals surface area (Å²) in [5.41, 5.74) is 3.76. The summed E-state index contributed by atoms with van der Waals surface area (Å²) >= 11 is 1.27. The van der Waals surface area contributed by atoms with Crippen LogP contribution in [0, 0.1) is 6.92 Å². The van der Waals surface area contributed by atoms with Crippen molar-refractivity contribution in [1.82, 2.24) is 5.48 Å². The number of amides is 1. The molecule has 0 aliphatic rings. The van der Waals surface area contributed by atoms with Gasteiger partial charge < -0.3 is 5.32 Å². The van der Waals surface area contributed by atoms with Crippen molar-refractivity contribution in [3.05, 3.63) is 71.3 Å². The van der Waals surface area contributed by atoms with E-state index < -0.39 is 0 Å². The van der Waals surface area contributed by atoms with Gasteiger partial charge in [0.05, 0.1) is 4.91 Å². The normalized spacial score (nSPS) is 11.0. The highest BCUT2D eigenvalue weighted by atomic mass is 32.2. The van der Waals surface area contributed by atoms with Gasteiger partial charge in [-0.25, -0.2) is 0 Å². The summed E-state index contributed by atoms with van der Waals surface area (Å²) in [6.07, 6.45) is 1.27. The molecule has 0 aliphatic heterocycles. The third kappa shape index (κ3) is 4.66. The number of aryl methyl sites for hydroxylation is 1. The van der Waals surface area contributed by atoms with Gasteiger partial charge in [0.1, 0.15) is 0 Å². The van der Waals surface area contributed by atoms with Gasteiger partial charge in [-0.2, -0.15) is 0 Å². The minimum absolute atomic E-state index is 0.283. The standard InChI is InChI=1S/C16H16N2O2S/c1-12-7-9-13(10-8-12)18-16(19)15(11-17-20)21-14-5-3-2-4-6-14/h2-11,17,20H,1H3,(H,18,19)/b15-11+. The summed E-state index contributed by atoms with van der Waals surface area (Å²) in [5.74, 6) is -0.283. The average Bonchev–Trinajstić information content (AvgIpc) is 2.50. The van der Waals surface area contributed by atoms with E-state index >= 15 is 0 Å². The lowest BCUT2D eigenvalue weighted by Gasteiger charge is -2.09. The first-order valence-electron chi connectivity index (χ1n) is 6.40. The van der Waals surface area contributed by atoms with E-state index in [1.807, 2.05) is 67.0 Å². The topological polar surface area (TPSA) is 61.4 Å². The summed E-state index contributed by atoms with van der Waals surface area (Å²) in [4.78, 5) is 13.5. The quantitative estimate of drug-likeness (QED) is 0.449. The largest absolute Gasteiger partial charge is 0.321 e.